The molecule has 0 aliphatic carbocycles. The lowest BCUT2D eigenvalue weighted by molar-refractivity contribution is -0.255. The number of carboxylic acid groups (broad SMARTS) is 1. The third kappa shape index (κ3) is 4.82. The first-order valence-corrected chi connectivity index (χ1v) is 7.43. The molecule has 1 atom stereocenters. The first kappa shape index (κ1) is 17.5. The van der Waals surface area contributed by atoms with E-state index in [4.69, 9.17) is 4.74 Å². The number of ether oxygens (including phenoxy) is 1. The van der Waals surface area contributed by atoms with Gasteiger partial charge in [0.25, 0.3) is 5.91 Å². The molecule has 2 N–H and O–H groups in total. The predicted molar refractivity (Wildman–Crippen MR) is 85.8 cm³/mol. The lowest BCUT2D eigenvalue weighted by atomic mass is 10.1. The number of benzene rings is 2. The summed E-state index contributed by atoms with van der Waals surface area (Å²) in [7, 11) is 0. The molecule has 6 heteroatoms. The Labute approximate surface area is 139 Å². The summed E-state index contributed by atoms with van der Waals surface area (Å²) in [6.45, 7) is 1.90. The average molecular weight is 328 g/mol. The third-order valence-corrected chi connectivity index (χ3v) is 3.35. The Kier molecular flexibility index (Phi) is 5.92. The fraction of sp³-hybridized carbons (Fsp3) is 0.222. The van der Waals surface area contributed by atoms with Crippen LogP contribution < -0.4 is 15.2 Å². The quantitative estimate of drug-likeness (QED) is 0.772. The number of rotatable bonds is 7. The summed E-state index contributed by atoms with van der Waals surface area (Å²) in [6, 6.07) is 13.1. The zero-order chi connectivity index (χ0) is 17.5. The van der Waals surface area contributed by atoms with Crippen molar-refractivity contribution in [1.29, 1.82) is 0 Å². The van der Waals surface area contributed by atoms with Crippen LogP contribution in [0.2, 0.25) is 0 Å². The van der Waals surface area contributed by atoms with Gasteiger partial charge in [0.2, 0.25) is 0 Å². The van der Waals surface area contributed by atoms with Crippen molar-refractivity contribution in [2.24, 2.45) is 0 Å². The Morgan fingerprint density at radius 1 is 1.12 bits per heavy atom. The maximum Gasteiger partial charge on any atom is 0.252 e. The van der Waals surface area contributed by atoms with Crippen LogP contribution >= 0.6 is 0 Å². The molecule has 126 valence electrons. The van der Waals surface area contributed by atoms with E-state index in [0.29, 0.717) is 5.75 Å². The zero-order valence-corrected chi connectivity index (χ0v) is 13.2. The van der Waals surface area contributed by atoms with Gasteiger partial charge in [-0.1, -0.05) is 35.9 Å². The Bertz CT molecular complexity index is 712. The number of nitrogens with one attached hydrogen (secondary N) is 1. The Balaban J connectivity index is 1.85. The standard InChI is InChI=1S/C18H19NO5/c1-12-6-8-14(9-7-12)24-11-13(20)10-19-17(21)15-4-2-3-5-16(15)18(22)23/h2-9,13,20H,10-11H2,1H3,(H,19,21)(H,22,23)/p-1/t13-/m0/s1. The third-order valence-electron chi connectivity index (χ3n) is 3.35. The summed E-state index contributed by atoms with van der Waals surface area (Å²) in [5.41, 5.74) is 0.895. The number of hydrogen-bond donors (Lipinski definition) is 2. The highest BCUT2D eigenvalue weighted by Crippen LogP contribution is 2.11. The van der Waals surface area contributed by atoms with Gasteiger partial charge in [-0.15, -0.1) is 0 Å². The first-order valence-electron chi connectivity index (χ1n) is 7.43. The second-order valence-electron chi connectivity index (χ2n) is 5.32. The summed E-state index contributed by atoms with van der Waals surface area (Å²) >= 11 is 0. The van der Waals surface area contributed by atoms with Gasteiger partial charge in [0.15, 0.2) is 0 Å². The maximum absolute atomic E-state index is 12.0. The molecule has 0 heterocycles. The minimum Gasteiger partial charge on any atom is -0.545 e. The number of carbonyl (C=O) groups is 2. The molecule has 0 saturated heterocycles. The van der Waals surface area contributed by atoms with Crippen molar-refractivity contribution in [1.82, 2.24) is 5.32 Å². The lowest BCUT2D eigenvalue weighted by Crippen LogP contribution is -2.36. The van der Waals surface area contributed by atoms with E-state index in [1.165, 1.54) is 18.2 Å². The number of aliphatic hydroxyl groups is 1. The van der Waals surface area contributed by atoms with Crippen molar-refractivity contribution in [2.75, 3.05) is 13.2 Å². The molecule has 0 saturated carbocycles. The smallest absolute Gasteiger partial charge is 0.252 e. The Morgan fingerprint density at radius 3 is 2.38 bits per heavy atom. The van der Waals surface area contributed by atoms with E-state index in [1.807, 2.05) is 19.1 Å². The lowest BCUT2D eigenvalue weighted by Gasteiger charge is -2.15. The summed E-state index contributed by atoms with van der Waals surface area (Å²) < 4.78 is 5.42. The number of aryl methyl sites for hydroxylation is 1. The van der Waals surface area contributed by atoms with Gasteiger partial charge in [0.1, 0.15) is 18.5 Å². The van der Waals surface area contributed by atoms with Crippen LogP contribution in [-0.2, 0) is 0 Å². The van der Waals surface area contributed by atoms with E-state index >= 15 is 0 Å². The largest absolute Gasteiger partial charge is 0.545 e. The van der Waals surface area contributed by atoms with Crippen LogP contribution in [0.1, 0.15) is 26.3 Å². The maximum atomic E-state index is 12.0. The molecular weight excluding hydrogens is 310 g/mol. The predicted octanol–water partition coefficient (Wildman–Crippen LogP) is 0.528. The van der Waals surface area contributed by atoms with Crippen molar-refractivity contribution in [3.63, 3.8) is 0 Å². The monoisotopic (exact) mass is 328 g/mol. The average Bonchev–Trinajstić information content (AvgIpc) is 2.59. The molecule has 0 unspecified atom stereocenters. The normalized spacial score (nSPS) is 11.6. The number of hydrogen-bond acceptors (Lipinski definition) is 5. The van der Waals surface area contributed by atoms with Crippen molar-refractivity contribution in [2.45, 2.75) is 13.0 Å². The van der Waals surface area contributed by atoms with Gasteiger partial charge < -0.3 is 25.1 Å². The van der Waals surface area contributed by atoms with Gasteiger partial charge in [-0.25, -0.2) is 0 Å². The van der Waals surface area contributed by atoms with Crippen molar-refractivity contribution >= 4 is 11.9 Å². The van der Waals surface area contributed by atoms with Gasteiger partial charge >= 0.3 is 0 Å². The molecule has 0 aromatic heterocycles. The summed E-state index contributed by atoms with van der Waals surface area (Å²) in [5, 5.41) is 23.3. The van der Waals surface area contributed by atoms with E-state index in [9.17, 15) is 19.8 Å². The van der Waals surface area contributed by atoms with Crippen LogP contribution in [0.5, 0.6) is 5.75 Å². The van der Waals surface area contributed by atoms with Crippen LogP contribution in [-0.4, -0.2) is 36.2 Å². The van der Waals surface area contributed by atoms with Crippen LogP contribution in [0.25, 0.3) is 0 Å². The minimum atomic E-state index is -1.43. The molecule has 0 radical (unpaired) electrons. The topological polar surface area (TPSA) is 98.7 Å². The Morgan fingerprint density at radius 2 is 1.75 bits per heavy atom. The molecule has 2 rings (SSSR count). The van der Waals surface area contributed by atoms with Gasteiger partial charge in [-0.05, 0) is 25.1 Å². The zero-order valence-electron chi connectivity index (χ0n) is 13.2. The number of aromatic carboxylic acids is 1. The van der Waals surface area contributed by atoms with E-state index < -0.39 is 18.0 Å². The van der Waals surface area contributed by atoms with Gasteiger partial charge in [-0.2, -0.15) is 0 Å². The van der Waals surface area contributed by atoms with E-state index in [2.05, 4.69) is 5.32 Å². The summed E-state index contributed by atoms with van der Waals surface area (Å²) in [6.07, 6.45) is -0.926. The molecule has 1 amide bonds. The highest BCUT2D eigenvalue weighted by atomic mass is 16.5. The van der Waals surface area contributed by atoms with Crippen molar-refractivity contribution < 1.29 is 24.5 Å². The fourth-order valence-corrected chi connectivity index (χ4v) is 2.05. The number of carbonyl (C=O) groups excluding carboxylic acids is 2. The second-order valence-corrected chi connectivity index (χ2v) is 5.32. The summed E-state index contributed by atoms with van der Waals surface area (Å²) in [5.74, 6) is -1.40. The molecule has 0 aliphatic rings. The molecule has 2 aromatic rings. The molecule has 2 aromatic carbocycles. The molecule has 0 fully saturated rings. The van der Waals surface area contributed by atoms with E-state index in [1.54, 1.807) is 18.2 Å². The van der Waals surface area contributed by atoms with Crippen LogP contribution in [0, 0.1) is 6.92 Å². The number of aliphatic hydroxyl groups excluding tert-OH is 1. The number of amides is 1. The van der Waals surface area contributed by atoms with E-state index in [0.717, 1.165) is 5.56 Å². The minimum absolute atomic E-state index is 0.00543. The van der Waals surface area contributed by atoms with Gasteiger partial charge in [-0.3, -0.25) is 4.79 Å². The highest BCUT2D eigenvalue weighted by molar-refractivity contribution is 6.04. The van der Waals surface area contributed by atoms with Crippen LogP contribution in [0.3, 0.4) is 0 Å². The fourth-order valence-electron chi connectivity index (χ4n) is 2.05. The molecule has 0 aliphatic heterocycles. The molecule has 24 heavy (non-hydrogen) atoms. The second kappa shape index (κ2) is 8.12. The first-order chi connectivity index (χ1) is 11.5. The van der Waals surface area contributed by atoms with Gasteiger partial charge in [0.05, 0.1) is 5.97 Å². The SMILES string of the molecule is Cc1ccc(OC[C@@H](O)CNC(=O)c2ccccc2C(=O)[O-])cc1. The summed E-state index contributed by atoms with van der Waals surface area (Å²) in [4.78, 5) is 23.0. The van der Waals surface area contributed by atoms with Crippen LogP contribution in [0.15, 0.2) is 48.5 Å². The number of carboxylic acids is 1. The van der Waals surface area contributed by atoms with Crippen molar-refractivity contribution in [3.8, 4) is 5.75 Å². The van der Waals surface area contributed by atoms with Crippen LogP contribution in [0.4, 0.5) is 0 Å². The molecule has 0 bridgehead atoms. The highest BCUT2D eigenvalue weighted by Gasteiger charge is 2.13. The molecule has 6 nitrogen and oxygen atoms in total. The van der Waals surface area contributed by atoms with E-state index in [-0.39, 0.29) is 24.3 Å². The van der Waals surface area contributed by atoms with Crippen molar-refractivity contribution in [3.05, 3.63) is 65.2 Å². The molecular formula is C18H18NO5-. The molecule has 0 spiro atoms. The van der Waals surface area contributed by atoms with Gasteiger partial charge in [0, 0.05) is 17.7 Å². The Hall–Kier alpha value is -2.86.